The minimum atomic E-state index is -0.289. The van der Waals surface area contributed by atoms with Crippen molar-refractivity contribution in [3.05, 3.63) is 64.7 Å². The molecular weight excluding hydrogens is 362 g/mol. The van der Waals surface area contributed by atoms with E-state index in [9.17, 15) is 4.79 Å². The first-order chi connectivity index (χ1) is 13.1. The van der Waals surface area contributed by atoms with Crippen molar-refractivity contribution in [2.75, 3.05) is 14.2 Å². The zero-order valence-corrected chi connectivity index (χ0v) is 16.3. The molecule has 0 bridgehead atoms. The molecule has 0 saturated heterocycles. The van der Waals surface area contributed by atoms with E-state index < -0.39 is 0 Å². The molecule has 3 rings (SSSR count). The Balaban J connectivity index is 1.64. The van der Waals surface area contributed by atoms with Crippen LogP contribution in [0.4, 0.5) is 0 Å². The predicted octanol–water partition coefficient (Wildman–Crippen LogP) is 4.42. The second-order valence-electron chi connectivity index (χ2n) is 5.98. The van der Waals surface area contributed by atoms with Gasteiger partial charge in [-0.05, 0) is 36.2 Å². The van der Waals surface area contributed by atoms with Crippen molar-refractivity contribution in [2.45, 2.75) is 20.0 Å². The maximum absolute atomic E-state index is 12.1. The first-order valence-electron chi connectivity index (χ1n) is 8.47. The van der Waals surface area contributed by atoms with Gasteiger partial charge in [-0.3, -0.25) is 4.79 Å². The van der Waals surface area contributed by atoms with Gasteiger partial charge in [0.25, 0.3) is 0 Å². The Hall–Kier alpha value is -2.86. The average Bonchev–Trinajstić information content (AvgIpc) is 3.15. The number of nitrogens with zero attached hydrogens (tertiary/aromatic N) is 1. The smallest absolute Gasteiger partial charge is 0.312 e. The molecule has 0 amide bonds. The Kier molecular flexibility index (Phi) is 6.08. The largest absolute Gasteiger partial charge is 0.493 e. The number of ether oxygens (including phenoxy) is 3. The Morgan fingerprint density at radius 3 is 2.59 bits per heavy atom. The maximum Gasteiger partial charge on any atom is 0.312 e. The van der Waals surface area contributed by atoms with Crippen molar-refractivity contribution in [1.82, 2.24) is 4.98 Å². The Morgan fingerprint density at radius 1 is 1.07 bits per heavy atom. The number of methoxy groups -OCH3 is 2. The Labute approximate surface area is 162 Å². The zero-order valence-electron chi connectivity index (χ0n) is 15.5. The van der Waals surface area contributed by atoms with E-state index in [0.29, 0.717) is 17.2 Å². The van der Waals surface area contributed by atoms with Gasteiger partial charge >= 0.3 is 5.97 Å². The molecule has 2 aromatic carbocycles. The molecule has 0 aliphatic rings. The molecule has 5 nitrogen and oxygen atoms in total. The number of carbonyl (C=O) groups is 1. The van der Waals surface area contributed by atoms with Crippen LogP contribution in [0, 0.1) is 6.92 Å². The van der Waals surface area contributed by atoms with Crippen LogP contribution in [0.2, 0.25) is 0 Å². The first-order valence-corrected chi connectivity index (χ1v) is 9.35. The molecule has 0 spiro atoms. The number of hydrogen-bond acceptors (Lipinski definition) is 6. The summed E-state index contributed by atoms with van der Waals surface area (Å²) >= 11 is 1.48. The number of rotatable bonds is 7. The topological polar surface area (TPSA) is 57.7 Å². The molecule has 140 valence electrons. The molecule has 27 heavy (non-hydrogen) atoms. The summed E-state index contributed by atoms with van der Waals surface area (Å²) in [5.41, 5.74) is 3.72. The number of carbonyl (C=O) groups excluding carboxylic acids is 1. The molecule has 0 radical (unpaired) electrons. The van der Waals surface area contributed by atoms with Crippen LogP contribution in [0.1, 0.15) is 16.8 Å². The summed E-state index contributed by atoms with van der Waals surface area (Å²) in [6, 6.07) is 13.5. The summed E-state index contributed by atoms with van der Waals surface area (Å²) in [6.45, 7) is 2.27. The second-order valence-corrected chi connectivity index (χ2v) is 6.84. The van der Waals surface area contributed by atoms with Crippen molar-refractivity contribution in [1.29, 1.82) is 0 Å². The molecule has 0 aliphatic carbocycles. The number of benzene rings is 2. The highest BCUT2D eigenvalue weighted by Gasteiger charge is 2.13. The Morgan fingerprint density at radius 2 is 1.85 bits per heavy atom. The van der Waals surface area contributed by atoms with E-state index in [2.05, 4.69) is 4.98 Å². The van der Waals surface area contributed by atoms with Crippen LogP contribution in [-0.2, 0) is 22.6 Å². The SMILES string of the molecule is COc1ccc(-c2nc(CC(=O)OCc3ccccc3C)cs2)cc1OC. The number of hydrogen-bond donors (Lipinski definition) is 0. The predicted molar refractivity (Wildman–Crippen MR) is 105 cm³/mol. The summed E-state index contributed by atoms with van der Waals surface area (Å²) in [5.74, 6) is 1.02. The maximum atomic E-state index is 12.1. The van der Waals surface area contributed by atoms with E-state index in [0.717, 1.165) is 21.7 Å². The monoisotopic (exact) mass is 383 g/mol. The zero-order chi connectivity index (χ0) is 19.2. The van der Waals surface area contributed by atoms with Crippen molar-refractivity contribution < 1.29 is 19.0 Å². The highest BCUT2D eigenvalue weighted by molar-refractivity contribution is 7.13. The number of aryl methyl sites for hydroxylation is 1. The summed E-state index contributed by atoms with van der Waals surface area (Å²) < 4.78 is 16.0. The van der Waals surface area contributed by atoms with E-state index in [-0.39, 0.29) is 19.0 Å². The number of esters is 1. The summed E-state index contributed by atoms with van der Waals surface area (Å²) in [6.07, 6.45) is 0.148. The quantitative estimate of drug-likeness (QED) is 0.565. The fourth-order valence-electron chi connectivity index (χ4n) is 2.62. The van der Waals surface area contributed by atoms with E-state index >= 15 is 0 Å². The van der Waals surface area contributed by atoms with Crippen molar-refractivity contribution in [3.63, 3.8) is 0 Å². The Bertz CT molecular complexity index is 935. The van der Waals surface area contributed by atoms with Crippen LogP contribution < -0.4 is 9.47 Å². The lowest BCUT2D eigenvalue weighted by Crippen LogP contribution is -2.08. The van der Waals surface area contributed by atoms with Crippen molar-refractivity contribution in [3.8, 4) is 22.1 Å². The molecule has 1 heterocycles. The highest BCUT2D eigenvalue weighted by Crippen LogP contribution is 2.33. The average molecular weight is 383 g/mol. The third kappa shape index (κ3) is 4.65. The second kappa shape index (κ2) is 8.68. The normalized spacial score (nSPS) is 10.5. The molecule has 3 aromatic rings. The lowest BCUT2D eigenvalue weighted by atomic mass is 10.1. The minimum Gasteiger partial charge on any atom is -0.493 e. The lowest BCUT2D eigenvalue weighted by molar-refractivity contribution is -0.144. The van der Waals surface area contributed by atoms with Crippen molar-refractivity contribution >= 4 is 17.3 Å². The van der Waals surface area contributed by atoms with Gasteiger partial charge in [0.05, 0.1) is 26.3 Å². The molecule has 0 atom stereocenters. The summed E-state index contributed by atoms with van der Waals surface area (Å²) in [5, 5.41) is 2.69. The van der Waals surface area contributed by atoms with Crippen LogP contribution in [0.25, 0.3) is 10.6 Å². The molecule has 6 heteroatoms. The van der Waals surface area contributed by atoms with Gasteiger partial charge in [-0.1, -0.05) is 24.3 Å². The van der Waals surface area contributed by atoms with Gasteiger partial charge in [-0.25, -0.2) is 4.98 Å². The van der Waals surface area contributed by atoms with E-state index in [1.807, 2.05) is 54.8 Å². The summed E-state index contributed by atoms with van der Waals surface area (Å²) in [4.78, 5) is 16.7. The number of thiazole rings is 1. The van der Waals surface area contributed by atoms with Crippen LogP contribution in [-0.4, -0.2) is 25.2 Å². The fourth-order valence-corrected chi connectivity index (χ4v) is 3.44. The van der Waals surface area contributed by atoms with E-state index in [4.69, 9.17) is 14.2 Å². The molecular formula is C21H21NO4S. The summed E-state index contributed by atoms with van der Waals surface area (Å²) in [7, 11) is 3.20. The molecule has 1 aromatic heterocycles. The molecule has 0 fully saturated rings. The molecule has 0 N–H and O–H groups in total. The fraction of sp³-hybridized carbons (Fsp3) is 0.238. The van der Waals surface area contributed by atoms with E-state index in [1.165, 1.54) is 11.3 Å². The molecule has 0 unspecified atom stereocenters. The van der Waals surface area contributed by atoms with Gasteiger partial charge in [-0.15, -0.1) is 11.3 Å². The lowest BCUT2D eigenvalue weighted by Gasteiger charge is -2.08. The highest BCUT2D eigenvalue weighted by atomic mass is 32.1. The van der Waals surface area contributed by atoms with Crippen LogP contribution >= 0.6 is 11.3 Å². The minimum absolute atomic E-state index is 0.148. The number of aromatic nitrogens is 1. The van der Waals surface area contributed by atoms with Crippen LogP contribution in [0.15, 0.2) is 47.8 Å². The van der Waals surface area contributed by atoms with E-state index in [1.54, 1.807) is 14.2 Å². The van der Waals surface area contributed by atoms with Crippen LogP contribution in [0.5, 0.6) is 11.5 Å². The van der Waals surface area contributed by atoms with Crippen molar-refractivity contribution in [2.24, 2.45) is 0 Å². The molecule has 0 saturated carbocycles. The van der Waals surface area contributed by atoms with Gasteiger partial charge in [0.1, 0.15) is 11.6 Å². The van der Waals surface area contributed by atoms with Gasteiger partial charge in [0.15, 0.2) is 11.5 Å². The van der Waals surface area contributed by atoms with Gasteiger partial charge in [0, 0.05) is 10.9 Å². The van der Waals surface area contributed by atoms with Gasteiger partial charge < -0.3 is 14.2 Å². The van der Waals surface area contributed by atoms with Gasteiger partial charge in [0.2, 0.25) is 0 Å². The van der Waals surface area contributed by atoms with Gasteiger partial charge in [-0.2, -0.15) is 0 Å². The standard InChI is InChI=1S/C21H21NO4S/c1-14-6-4-5-7-16(14)12-26-20(23)11-17-13-27-21(22-17)15-8-9-18(24-2)19(10-15)25-3/h4-10,13H,11-12H2,1-3H3. The third-order valence-corrected chi connectivity index (χ3v) is 5.10. The molecule has 0 aliphatic heterocycles. The third-order valence-electron chi connectivity index (χ3n) is 4.16. The first kappa shape index (κ1) is 18.9. The van der Waals surface area contributed by atoms with Crippen LogP contribution in [0.3, 0.4) is 0 Å².